The van der Waals surface area contributed by atoms with Gasteiger partial charge in [-0.2, -0.15) is 0 Å². The van der Waals surface area contributed by atoms with Crippen LogP contribution in [-0.2, 0) is 16.6 Å². The first-order valence-electron chi connectivity index (χ1n) is 6.69. The van der Waals surface area contributed by atoms with Crippen molar-refractivity contribution >= 4 is 17.6 Å². The van der Waals surface area contributed by atoms with E-state index in [9.17, 15) is 22.8 Å². The maximum Gasteiger partial charge on any atom is 0.573 e. The normalized spacial score (nSPS) is 11.0. The number of ether oxygens (including phenoxy) is 2. The van der Waals surface area contributed by atoms with Gasteiger partial charge in [0.2, 0.25) is 0 Å². The second-order valence-electron chi connectivity index (χ2n) is 4.70. The molecular formula is C15H13F3N2O4. The van der Waals surface area contributed by atoms with Crippen LogP contribution in [0.15, 0.2) is 42.6 Å². The molecule has 1 aromatic carbocycles. The number of anilines is 1. The van der Waals surface area contributed by atoms with Crippen molar-refractivity contribution in [3.8, 4) is 5.75 Å². The monoisotopic (exact) mass is 342 g/mol. The number of benzene rings is 1. The van der Waals surface area contributed by atoms with Crippen molar-refractivity contribution in [1.82, 2.24) is 4.57 Å². The number of carbonyl (C=O) groups excluding carboxylic acids is 2. The Balaban J connectivity index is 1.84. The summed E-state index contributed by atoms with van der Waals surface area (Å²) in [6.07, 6.45) is -3.13. The first-order valence-corrected chi connectivity index (χ1v) is 6.69. The van der Waals surface area contributed by atoms with Crippen molar-refractivity contribution in [3.63, 3.8) is 0 Å². The smallest absolute Gasteiger partial charge is 0.451 e. The molecule has 1 aromatic heterocycles. The predicted molar refractivity (Wildman–Crippen MR) is 77.5 cm³/mol. The number of alkyl halides is 3. The minimum atomic E-state index is -4.78. The molecule has 1 N–H and O–H groups in total. The van der Waals surface area contributed by atoms with Crippen LogP contribution < -0.4 is 10.1 Å². The lowest BCUT2D eigenvalue weighted by atomic mass is 10.3. The van der Waals surface area contributed by atoms with Crippen molar-refractivity contribution in [2.24, 2.45) is 7.05 Å². The molecule has 2 aromatic rings. The molecule has 2 rings (SSSR count). The van der Waals surface area contributed by atoms with Crippen LogP contribution in [0.4, 0.5) is 18.9 Å². The van der Waals surface area contributed by atoms with E-state index >= 15 is 0 Å². The summed E-state index contributed by atoms with van der Waals surface area (Å²) in [5, 5.41) is 2.39. The molecule has 0 aliphatic rings. The van der Waals surface area contributed by atoms with E-state index in [1.165, 1.54) is 12.1 Å². The maximum absolute atomic E-state index is 12.0. The van der Waals surface area contributed by atoms with Gasteiger partial charge in [-0.1, -0.05) is 0 Å². The quantitative estimate of drug-likeness (QED) is 0.849. The van der Waals surface area contributed by atoms with Crippen LogP contribution >= 0.6 is 0 Å². The molecule has 0 atom stereocenters. The third-order valence-electron chi connectivity index (χ3n) is 2.86. The molecule has 128 valence electrons. The van der Waals surface area contributed by atoms with E-state index in [-0.39, 0.29) is 11.4 Å². The van der Waals surface area contributed by atoms with Crippen LogP contribution in [0.1, 0.15) is 10.5 Å². The van der Waals surface area contributed by atoms with Crippen LogP contribution in [0.25, 0.3) is 0 Å². The maximum atomic E-state index is 12.0. The molecule has 1 heterocycles. The van der Waals surface area contributed by atoms with Crippen molar-refractivity contribution in [2.75, 3.05) is 11.9 Å². The van der Waals surface area contributed by atoms with E-state index in [1.54, 1.807) is 29.9 Å². The molecular weight excluding hydrogens is 329 g/mol. The van der Waals surface area contributed by atoms with Gasteiger partial charge in [-0.25, -0.2) is 4.79 Å². The van der Waals surface area contributed by atoms with Gasteiger partial charge in [0, 0.05) is 18.9 Å². The molecule has 1 amide bonds. The van der Waals surface area contributed by atoms with E-state index in [1.807, 2.05) is 0 Å². The predicted octanol–water partition coefficient (Wildman–Crippen LogP) is 2.72. The van der Waals surface area contributed by atoms with Crippen LogP contribution in [0.3, 0.4) is 0 Å². The Morgan fingerprint density at radius 3 is 2.38 bits per heavy atom. The van der Waals surface area contributed by atoms with Gasteiger partial charge < -0.3 is 19.4 Å². The lowest BCUT2D eigenvalue weighted by Gasteiger charge is -2.10. The van der Waals surface area contributed by atoms with Gasteiger partial charge >= 0.3 is 12.3 Å². The molecule has 0 aliphatic heterocycles. The van der Waals surface area contributed by atoms with Gasteiger partial charge in [-0.3, -0.25) is 4.79 Å². The second kappa shape index (κ2) is 7.07. The highest BCUT2D eigenvalue weighted by molar-refractivity contribution is 5.94. The van der Waals surface area contributed by atoms with Crippen molar-refractivity contribution in [2.45, 2.75) is 6.36 Å². The summed E-state index contributed by atoms with van der Waals surface area (Å²) >= 11 is 0. The Hall–Kier alpha value is -2.97. The topological polar surface area (TPSA) is 69.6 Å². The summed E-state index contributed by atoms with van der Waals surface area (Å²) in [5.41, 5.74) is 0.529. The number of hydrogen-bond acceptors (Lipinski definition) is 4. The lowest BCUT2D eigenvalue weighted by molar-refractivity contribution is -0.274. The minimum Gasteiger partial charge on any atom is -0.451 e. The molecule has 9 heteroatoms. The standard InChI is InChI=1S/C15H13F3N2O4/c1-20-8-2-3-12(20)14(22)23-9-13(21)19-10-4-6-11(7-5-10)24-15(16,17)18/h2-8H,9H2,1H3,(H,19,21). The van der Waals surface area contributed by atoms with Crippen LogP contribution in [0, 0.1) is 0 Å². The third kappa shape index (κ3) is 5.04. The van der Waals surface area contributed by atoms with Crippen LogP contribution in [0.2, 0.25) is 0 Å². The number of rotatable bonds is 5. The van der Waals surface area contributed by atoms with Crippen molar-refractivity contribution in [3.05, 3.63) is 48.3 Å². The number of carbonyl (C=O) groups is 2. The van der Waals surface area contributed by atoms with E-state index in [0.717, 1.165) is 12.1 Å². The molecule has 6 nitrogen and oxygen atoms in total. The molecule has 0 saturated heterocycles. The number of hydrogen-bond donors (Lipinski definition) is 1. The number of amides is 1. The summed E-state index contributed by atoms with van der Waals surface area (Å²) in [5.74, 6) is -1.69. The fraction of sp³-hybridized carbons (Fsp3) is 0.200. The SMILES string of the molecule is Cn1cccc1C(=O)OCC(=O)Nc1ccc(OC(F)(F)F)cc1. The summed E-state index contributed by atoms with van der Waals surface area (Å²) in [6, 6.07) is 7.77. The fourth-order valence-electron chi connectivity index (χ4n) is 1.82. The van der Waals surface area contributed by atoms with Gasteiger partial charge in [0.15, 0.2) is 6.61 Å². The number of aryl methyl sites for hydroxylation is 1. The first-order chi connectivity index (χ1) is 11.2. The summed E-state index contributed by atoms with van der Waals surface area (Å²) in [7, 11) is 1.65. The van der Waals surface area contributed by atoms with Crippen molar-refractivity contribution < 1.29 is 32.2 Å². The van der Waals surface area contributed by atoms with Crippen molar-refractivity contribution in [1.29, 1.82) is 0 Å². The summed E-state index contributed by atoms with van der Waals surface area (Å²) < 4.78 is 46.2. The zero-order chi connectivity index (χ0) is 17.7. The van der Waals surface area contributed by atoms with Crippen LogP contribution in [-0.4, -0.2) is 29.4 Å². The zero-order valence-electron chi connectivity index (χ0n) is 12.5. The van der Waals surface area contributed by atoms with E-state index < -0.39 is 30.6 Å². The van der Waals surface area contributed by atoms with E-state index in [4.69, 9.17) is 4.74 Å². The van der Waals surface area contributed by atoms with Gasteiger partial charge in [0.25, 0.3) is 5.91 Å². The molecule has 0 fully saturated rings. The highest BCUT2D eigenvalue weighted by Gasteiger charge is 2.30. The Bertz CT molecular complexity index is 723. The average Bonchev–Trinajstić information content (AvgIpc) is 2.91. The Morgan fingerprint density at radius 1 is 1.17 bits per heavy atom. The van der Waals surface area contributed by atoms with Gasteiger partial charge in [0.05, 0.1) is 0 Å². The minimum absolute atomic E-state index is 0.240. The Morgan fingerprint density at radius 2 is 1.83 bits per heavy atom. The first kappa shape index (κ1) is 17.4. The van der Waals surface area contributed by atoms with Gasteiger partial charge in [-0.05, 0) is 36.4 Å². The fourth-order valence-corrected chi connectivity index (χ4v) is 1.82. The van der Waals surface area contributed by atoms with Crippen LogP contribution in [0.5, 0.6) is 5.75 Å². The highest BCUT2D eigenvalue weighted by Crippen LogP contribution is 2.23. The Kier molecular flexibility index (Phi) is 5.12. The zero-order valence-corrected chi connectivity index (χ0v) is 12.5. The number of aromatic nitrogens is 1. The molecule has 0 bridgehead atoms. The molecule has 0 spiro atoms. The average molecular weight is 342 g/mol. The number of nitrogens with one attached hydrogen (secondary N) is 1. The number of nitrogens with zero attached hydrogens (tertiary/aromatic N) is 1. The molecule has 0 aliphatic carbocycles. The Labute approximate surface area is 134 Å². The number of halogens is 3. The second-order valence-corrected chi connectivity index (χ2v) is 4.70. The van der Waals surface area contributed by atoms with E-state index in [2.05, 4.69) is 10.1 Å². The number of esters is 1. The third-order valence-corrected chi connectivity index (χ3v) is 2.86. The molecule has 24 heavy (non-hydrogen) atoms. The van der Waals surface area contributed by atoms with Gasteiger partial charge in [0.1, 0.15) is 11.4 Å². The lowest BCUT2D eigenvalue weighted by Crippen LogP contribution is -2.21. The highest BCUT2D eigenvalue weighted by atomic mass is 19.4. The summed E-state index contributed by atoms with van der Waals surface area (Å²) in [4.78, 5) is 23.4. The molecule has 0 saturated carbocycles. The largest absolute Gasteiger partial charge is 0.573 e. The molecule has 0 radical (unpaired) electrons. The molecule has 0 unspecified atom stereocenters. The van der Waals surface area contributed by atoms with Gasteiger partial charge in [-0.15, -0.1) is 13.2 Å². The van der Waals surface area contributed by atoms with E-state index in [0.29, 0.717) is 0 Å². The summed E-state index contributed by atoms with van der Waals surface area (Å²) in [6.45, 7) is -0.523.